The predicted molar refractivity (Wildman–Crippen MR) is 132 cm³/mol. The number of ether oxygens (including phenoxy) is 1. The van der Waals surface area contributed by atoms with E-state index >= 15 is 0 Å². The lowest BCUT2D eigenvalue weighted by atomic mass is 10.1. The van der Waals surface area contributed by atoms with Crippen LogP contribution in [0.3, 0.4) is 0 Å². The first-order valence-electron chi connectivity index (χ1n) is 10.3. The SMILES string of the molecule is CCNC(=NCC(=O)Nc1cccc(F)c1)N1CCC(COCc2ccccc2)C1.I. The Kier molecular flexibility index (Phi) is 10.7. The molecule has 0 saturated carbocycles. The van der Waals surface area contributed by atoms with Gasteiger partial charge in [-0.2, -0.15) is 0 Å². The van der Waals surface area contributed by atoms with Gasteiger partial charge in [-0.25, -0.2) is 9.38 Å². The predicted octanol–water partition coefficient (Wildman–Crippen LogP) is 3.89. The van der Waals surface area contributed by atoms with Crippen LogP contribution in [0.15, 0.2) is 59.6 Å². The Morgan fingerprint density at radius 2 is 2.03 bits per heavy atom. The van der Waals surface area contributed by atoms with Crippen LogP contribution < -0.4 is 10.6 Å². The molecule has 1 atom stereocenters. The summed E-state index contributed by atoms with van der Waals surface area (Å²) >= 11 is 0. The van der Waals surface area contributed by atoms with Crippen molar-refractivity contribution < 1.29 is 13.9 Å². The second kappa shape index (κ2) is 13.3. The van der Waals surface area contributed by atoms with Gasteiger partial charge in [0.25, 0.3) is 0 Å². The molecule has 1 saturated heterocycles. The van der Waals surface area contributed by atoms with Crippen molar-refractivity contribution in [1.82, 2.24) is 10.2 Å². The maximum absolute atomic E-state index is 13.3. The topological polar surface area (TPSA) is 66.0 Å². The summed E-state index contributed by atoms with van der Waals surface area (Å²) in [7, 11) is 0. The zero-order chi connectivity index (χ0) is 21.2. The molecule has 1 aliphatic rings. The number of nitrogens with zero attached hydrogens (tertiary/aromatic N) is 2. The highest BCUT2D eigenvalue weighted by Gasteiger charge is 2.25. The molecule has 2 N–H and O–H groups in total. The monoisotopic (exact) mass is 540 g/mol. The van der Waals surface area contributed by atoms with E-state index in [1.807, 2.05) is 25.1 Å². The van der Waals surface area contributed by atoms with Crippen LogP contribution in [-0.4, -0.2) is 49.6 Å². The van der Waals surface area contributed by atoms with Crippen LogP contribution in [-0.2, 0) is 16.1 Å². The number of aliphatic imine (C=N–C) groups is 1. The number of halogens is 2. The summed E-state index contributed by atoms with van der Waals surface area (Å²) in [6.07, 6.45) is 1.02. The third-order valence-corrected chi connectivity index (χ3v) is 4.87. The lowest BCUT2D eigenvalue weighted by Gasteiger charge is -2.21. The van der Waals surface area contributed by atoms with Gasteiger partial charge in [0.2, 0.25) is 5.91 Å². The fourth-order valence-electron chi connectivity index (χ4n) is 3.42. The first-order valence-corrected chi connectivity index (χ1v) is 10.3. The Labute approximate surface area is 200 Å². The van der Waals surface area contributed by atoms with E-state index in [0.717, 1.165) is 32.0 Å². The van der Waals surface area contributed by atoms with Gasteiger partial charge in [-0.05, 0) is 37.1 Å². The number of rotatable bonds is 8. The van der Waals surface area contributed by atoms with E-state index in [0.29, 0.717) is 24.8 Å². The molecule has 31 heavy (non-hydrogen) atoms. The van der Waals surface area contributed by atoms with Crippen molar-refractivity contribution in [2.45, 2.75) is 20.0 Å². The van der Waals surface area contributed by atoms with Crippen molar-refractivity contribution in [3.05, 3.63) is 66.0 Å². The fourth-order valence-corrected chi connectivity index (χ4v) is 3.42. The van der Waals surface area contributed by atoms with Crippen LogP contribution in [0.2, 0.25) is 0 Å². The van der Waals surface area contributed by atoms with E-state index in [2.05, 4.69) is 32.7 Å². The molecule has 1 unspecified atom stereocenters. The summed E-state index contributed by atoms with van der Waals surface area (Å²) < 4.78 is 19.1. The molecule has 168 valence electrons. The van der Waals surface area contributed by atoms with Crippen LogP contribution >= 0.6 is 24.0 Å². The molecular weight excluding hydrogens is 510 g/mol. The summed E-state index contributed by atoms with van der Waals surface area (Å²) in [5.74, 6) is 0.483. The molecule has 1 heterocycles. The van der Waals surface area contributed by atoms with Crippen molar-refractivity contribution in [3.8, 4) is 0 Å². The molecule has 0 aliphatic carbocycles. The molecule has 2 aromatic carbocycles. The van der Waals surface area contributed by atoms with Gasteiger partial charge in [0.1, 0.15) is 12.4 Å². The van der Waals surface area contributed by atoms with Gasteiger partial charge in [0.15, 0.2) is 5.96 Å². The third kappa shape index (κ3) is 8.45. The van der Waals surface area contributed by atoms with Crippen molar-refractivity contribution in [1.29, 1.82) is 0 Å². The smallest absolute Gasteiger partial charge is 0.246 e. The number of hydrogen-bond donors (Lipinski definition) is 2. The van der Waals surface area contributed by atoms with Crippen molar-refractivity contribution in [3.63, 3.8) is 0 Å². The fraction of sp³-hybridized carbons (Fsp3) is 0.391. The first-order chi connectivity index (χ1) is 14.6. The highest BCUT2D eigenvalue weighted by molar-refractivity contribution is 14.0. The second-order valence-electron chi connectivity index (χ2n) is 7.33. The van der Waals surface area contributed by atoms with Gasteiger partial charge < -0.3 is 20.3 Å². The minimum absolute atomic E-state index is 0. The van der Waals surface area contributed by atoms with Crippen LogP contribution in [0.4, 0.5) is 10.1 Å². The molecule has 0 radical (unpaired) electrons. The molecule has 1 aliphatic heterocycles. The summed E-state index contributed by atoms with van der Waals surface area (Å²) in [6.45, 7) is 5.72. The molecule has 2 aromatic rings. The minimum atomic E-state index is -0.387. The lowest BCUT2D eigenvalue weighted by molar-refractivity contribution is -0.114. The van der Waals surface area contributed by atoms with E-state index in [-0.39, 0.29) is 42.2 Å². The third-order valence-electron chi connectivity index (χ3n) is 4.87. The van der Waals surface area contributed by atoms with Gasteiger partial charge in [-0.15, -0.1) is 24.0 Å². The molecule has 1 fully saturated rings. The normalized spacial score (nSPS) is 16.0. The Hall–Kier alpha value is -2.20. The maximum Gasteiger partial charge on any atom is 0.246 e. The molecule has 0 aromatic heterocycles. The summed E-state index contributed by atoms with van der Waals surface area (Å²) in [6, 6.07) is 16.0. The summed E-state index contributed by atoms with van der Waals surface area (Å²) in [4.78, 5) is 18.8. The number of likely N-dealkylation sites (tertiary alicyclic amines) is 1. The van der Waals surface area contributed by atoms with Gasteiger partial charge in [-0.1, -0.05) is 36.4 Å². The number of hydrogen-bond acceptors (Lipinski definition) is 3. The quantitative estimate of drug-likeness (QED) is 0.303. The van der Waals surface area contributed by atoms with Crippen LogP contribution in [0.25, 0.3) is 0 Å². The van der Waals surface area contributed by atoms with E-state index in [9.17, 15) is 9.18 Å². The Morgan fingerprint density at radius 1 is 1.23 bits per heavy atom. The molecule has 0 bridgehead atoms. The number of anilines is 1. The number of guanidine groups is 1. The average molecular weight is 540 g/mol. The Morgan fingerprint density at radius 3 is 2.77 bits per heavy atom. The van der Waals surface area contributed by atoms with E-state index in [1.165, 1.54) is 17.7 Å². The molecule has 8 heteroatoms. The number of amides is 1. The van der Waals surface area contributed by atoms with Crippen molar-refractivity contribution in [2.24, 2.45) is 10.9 Å². The van der Waals surface area contributed by atoms with Gasteiger partial charge in [0.05, 0.1) is 13.2 Å². The first kappa shape index (κ1) is 25.1. The molecule has 6 nitrogen and oxygen atoms in total. The van der Waals surface area contributed by atoms with E-state index in [4.69, 9.17) is 4.74 Å². The lowest BCUT2D eigenvalue weighted by Crippen LogP contribution is -2.40. The summed E-state index contributed by atoms with van der Waals surface area (Å²) in [5.41, 5.74) is 1.60. The van der Waals surface area contributed by atoms with E-state index in [1.54, 1.807) is 12.1 Å². The van der Waals surface area contributed by atoms with Gasteiger partial charge >= 0.3 is 0 Å². The van der Waals surface area contributed by atoms with Gasteiger partial charge in [0, 0.05) is 31.2 Å². The molecular formula is C23H30FIN4O2. The minimum Gasteiger partial charge on any atom is -0.376 e. The van der Waals surface area contributed by atoms with Crippen LogP contribution in [0, 0.1) is 11.7 Å². The number of nitrogens with one attached hydrogen (secondary N) is 2. The maximum atomic E-state index is 13.3. The molecule has 0 spiro atoms. The Bertz CT molecular complexity index is 850. The Balaban J connectivity index is 0.00000341. The number of carbonyl (C=O) groups excluding carboxylic acids is 1. The molecule has 1 amide bonds. The number of carbonyl (C=O) groups is 1. The zero-order valence-corrected chi connectivity index (χ0v) is 20.1. The highest BCUT2D eigenvalue weighted by atomic mass is 127. The standard InChI is InChI=1S/C23H29FN4O2.HI/c1-2-25-23(26-14-22(29)27-21-10-6-9-20(24)13-21)28-12-11-19(15-28)17-30-16-18-7-4-3-5-8-18;/h3-10,13,19H,2,11-12,14-17H2,1H3,(H,25,26)(H,27,29);1H. The van der Waals surface area contributed by atoms with E-state index < -0.39 is 0 Å². The van der Waals surface area contributed by atoms with Gasteiger partial charge in [-0.3, -0.25) is 4.79 Å². The summed E-state index contributed by atoms with van der Waals surface area (Å²) in [5, 5.41) is 5.92. The molecule has 3 rings (SSSR count). The number of benzene rings is 2. The van der Waals surface area contributed by atoms with Crippen molar-refractivity contribution >= 4 is 41.5 Å². The van der Waals surface area contributed by atoms with Crippen LogP contribution in [0.5, 0.6) is 0 Å². The highest BCUT2D eigenvalue weighted by Crippen LogP contribution is 2.17. The second-order valence-corrected chi connectivity index (χ2v) is 7.33. The average Bonchev–Trinajstić information content (AvgIpc) is 3.21. The zero-order valence-electron chi connectivity index (χ0n) is 17.7. The van der Waals surface area contributed by atoms with Crippen LogP contribution in [0.1, 0.15) is 18.9 Å². The van der Waals surface area contributed by atoms with Crippen molar-refractivity contribution in [2.75, 3.05) is 38.1 Å². The largest absolute Gasteiger partial charge is 0.376 e.